The van der Waals surface area contributed by atoms with Crippen LogP contribution in [0.1, 0.15) is 11.3 Å². The van der Waals surface area contributed by atoms with Crippen LogP contribution in [0.5, 0.6) is 0 Å². The van der Waals surface area contributed by atoms with Crippen LogP contribution in [0.3, 0.4) is 0 Å². The average Bonchev–Trinajstić information content (AvgIpc) is 2.56. The zero-order valence-electron chi connectivity index (χ0n) is 13.4. The molecule has 0 spiro atoms. The fraction of sp³-hybridized carbons (Fsp3) is 0.278. The lowest BCUT2D eigenvalue weighted by Gasteiger charge is -2.15. The van der Waals surface area contributed by atoms with Gasteiger partial charge in [0.05, 0.1) is 11.7 Å². The van der Waals surface area contributed by atoms with E-state index in [0.717, 1.165) is 23.1 Å². The second-order valence-corrected chi connectivity index (χ2v) is 5.85. The summed E-state index contributed by atoms with van der Waals surface area (Å²) < 4.78 is 1.81. The van der Waals surface area contributed by atoms with Crippen LogP contribution in [0.4, 0.5) is 0 Å². The quantitative estimate of drug-likeness (QED) is 0.723. The van der Waals surface area contributed by atoms with Gasteiger partial charge in [-0.25, -0.2) is 4.98 Å². The number of fused-ring (bicyclic) bond motifs is 1. The van der Waals surface area contributed by atoms with Crippen molar-refractivity contribution in [2.75, 3.05) is 20.6 Å². The van der Waals surface area contributed by atoms with Gasteiger partial charge in [-0.05, 0) is 25.7 Å². The van der Waals surface area contributed by atoms with Crippen molar-refractivity contribution in [3.8, 4) is 0 Å². The number of pyridine rings is 1. The Morgan fingerprint density at radius 2 is 1.91 bits per heavy atom. The van der Waals surface area contributed by atoms with Gasteiger partial charge in [-0.15, -0.1) is 0 Å². The molecule has 5 nitrogen and oxygen atoms in total. The molecule has 0 saturated heterocycles. The number of nitrogens with zero attached hydrogens (tertiary/aromatic N) is 4. The van der Waals surface area contributed by atoms with E-state index in [1.165, 1.54) is 0 Å². The number of hydrogen-bond donors (Lipinski definition) is 0. The first-order valence-corrected chi connectivity index (χ1v) is 7.67. The summed E-state index contributed by atoms with van der Waals surface area (Å²) in [6, 6.07) is 11.8. The predicted octanol–water partition coefficient (Wildman–Crippen LogP) is 1.94. The van der Waals surface area contributed by atoms with E-state index in [1.807, 2.05) is 55.1 Å². The number of hydrogen-bond acceptors (Lipinski definition) is 4. The molecule has 2 aromatic heterocycles. The molecule has 3 aromatic rings. The Hall–Kier alpha value is -2.53. The summed E-state index contributed by atoms with van der Waals surface area (Å²) in [7, 11) is 4.00. The van der Waals surface area contributed by atoms with E-state index in [4.69, 9.17) is 0 Å². The number of aromatic nitrogens is 3. The van der Waals surface area contributed by atoms with Crippen molar-refractivity contribution in [1.82, 2.24) is 19.4 Å². The van der Waals surface area contributed by atoms with Crippen LogP contribution in [0.2, 0.25) is 0 Å². The van der Waals surface area contributed by atoms with Crippen molar-refractivity contribution in [3.63, 3.8) is 0 Å². The van der Waals surface area contributed by atoms with Crippen molar-refractivity contribution in [2.45, 2.75) is 13.0 Å². The smallest absolute Gasteiger partial charge is 0.273 e. The Morgan fingerprint density at radius 1 is 1.13 bits per heavy atom. The van der Waals surface area contributed by atoms with Crippen LogP contribution in [-0.2, 0) is 13.0 Å². The first-order valence-electron chi connectivity index (χ1n) is 7.67. The highest BCUT2D eigenvalue weighted by atomic mass is 16.1. The molecule has 0 N–H and O–H groups in total. The van der Waals surface area contributed by atoms with Crippen LogP contribution in [0.15, 0.2) is 53.6 Å². The van der Waals surface area contributed by atoms with Gasteiger partial charge in [0, 0.05) is 25.7 Å². The van der Waals surface area contributed by atoms with Crippen LogP contribution < -0.4 is 5.56 Å². The van der Waals surface area contributed by atoms with E-state index in [9.17, 15) is 4.79 Å². The molecule has 0 amide bonds. The van der Waals surface area contributed by atoms with Crippen molar-refractivity contribution in [3.05, 3.63) is 70.4 Å². The number of likely N-dealkylation sites (N-methyl/N-ethyl adjacent to an activating group) is 1. The third-order valence-electron chi connectivity index (χ3n) is 3.80. The first kappa shape index (κ1) is 15.4. The van der Waals surface area contributed by atoms with Gasteiger partial charge in [-0.3, -0.25) is 9.78 Å². The van der Waals surface area contributed by atoms with Crippen LogP contribution in [0.25, 0.3) is 11.0 Å². The molecule has 0 atom stereocenters. The normalized spacial score (nSPS) is 11.3. The van der Waals surface area contributed by atoms with Crippen molar-refractivity contribution in [2.24, 2.45) is 0 Å². The average molecular weight is 308 g/mol. The Morgan fingerprint density at radius 3 is 2.65 bits per heavy atom. The molecule has 0 saturated carbocycles. The van der Waals surface area contributed by atoms with Gasteiger partial charge < -0.3 is 9.47 Å². The van der Waals surface area contributed by atoms with Crippen LogP contribution in [-0.4, -0.2) is 40.1 Å². The maximum Gasteiger partial charge on any atom is 0.273 e. The lowest BCUT2D eigenvalue weighted by molar-refractivity contribution is 0.383. The van der Waals surface area contributed by atoms with Crippen molar-refractivity contribution >= 4 is 11.0 Å². The minimum atomic E-state index is -0.0191. The summed E-state index contributed by atoms with van der Waals surface area (Å²) in [5.74, 6) is 0. The zero-order valence-corrected chi connectivity index (χ0v) is 13.4. The molecular weight excluding hydrogens is 288 g/mol. The van der Waals surface area contributed by atoms with Crippen molar-refractivity contribution in [1.29, 1.82) is 0 Å². The minimum absolute atomic E-state index is 0.0191. The highest BCUT2D eigenvalue weighted by Gasteiger charge is 2.11. The Bertz CT molecular complexity index is 856. The molecule has 3 rings (SSSR count). The van der Waals surface area contributed by atoms with Crippen LogP contribution in [0, 0.1) is 0 Å². The molecule has 0 aliphatic rings. The fourth-order valence-electron chi connectivity index (χ4n) is 2.58. The third kappa shape index (κ3) is 3.46. The van der Waals surface area contributed by atoms with Gasteiger partial charge in [0.2, 0.25) is 0 Å². The molecule has 23 heavy (non-hydrogen) atoms. The summed E-state index contributed by atoms with van der Waals surface area (Å²) >= 11 is 0. The molecule has 1 aromatic carbocycles. The lowest BCUT2D eigenvalue weighted by atomic mass is 10.1. The Balaban J connectivity index is 2.08. The van der Waals surface area contributed by atoms with E-state index in [1.54, 1.807) is 12.4 Å². The van der Waals surface area contributed by atoms with Crippen LogP contribution >= 0.6 is 0 Å². The van der Waals surface area contributed by atoms with Gasteiger partial charge in [0.25, 0.3) is 5.56 Å². The van der Waals surface area contributed by atoms with E-state index < -0.39 is 0 Å². The monoisotopic (exact) mass is 308 g/mol. The second-order valence-electron chi connectivity index (χ2n) is 5.85. The fourth-order valence-corrected chi connectivity index (χ4v) is 2.58. The van der Waals surface area contributed by atoms with Gasteiger partial charge in [0.15, 0.2) is 0 Å². The third-order valence-corrected chi connectivity index (χ3v) is 3.80. The van der Waals surface area contributed by atoms with E-state index >= 15 is 0 Å². The standard InChI is InChI=1S/C18H20N4O/c1-21(2)10-11-22-17-8-9-19-13-16(17)20-15(18(22)23)12-14-6-4-3-5-7-14/h3-9,13H,10-12H2,1-2H3. The van der Waals surface area contributed by atoms with Gasteiger partial charge >= 0.3 is 0 Å². The molecule has 2 heterocycles. The van der Waals surface area contributed by atoms with Gasteiger partial charge in [-0.1, -0.05) is 30.3 Å². The molecule has 0 aliphatic heterocycles. The molecular formula is C18H20N4O. The molecule has 0 fully saturated rings. The minimum Gasteiger partial charge on any atom is -0.308 e. The summed E-state index contributed by atoms with van der Waals surface area (Å²) in [6.45, 7) is 1.43. The maximum atomic E-state index is 12.9. The van der Waals surface area contributed by atoms with E-state index in [0.29, 0.717) is 18.7 Å². The SMILES string of the molecule is CN(C)CCn1c(=O)c(Cc2ccccc2)nc2cnccc21. The number of benzene rings is 1. The molecule has 0 unspecified atom stereocenters. The molecule has 118 valence electrons. The largest absolute Gasteiger partial charge is 0.308 e. The number of rotatable bonds is 5. The first-order chi connectivity index (χ1) is 11.1. The second kappa shape index (κ2) is 6.71. The Kier molecular flexibility index (Phi) is 4.48. The summed E-state index contributed by atoms with van der Waals surface area (Å²) in [6.07, 6.45) is 3.95. The summed E-state index contributed by atoms with van der Waals surface area (Å²) in [5, 5.41) is 0. The highest BCUT2D eigenvalue weighted by molar-refractivity contribution is 5.73. The highest BCUT2D eigenvalue weighted by Crippen LogP contribution is 2.11. The zero-order chi connectivity index (χ0) is 16.2. The molecule has 5 heteroatoms. The molecule has 0 aliphatic carbocycles. The predicted molar refractivity (Wildman–Crippen MR) is 91.6 cm³/mol. The van der Waals surface area contributed by atoms with Gasteiger partial charge in [0.1, 0.15) is 11.2 Å². The van der Waals surface area contributed by atoms with Crippen molar-refractivity contribution < 1.29 is 0 Å². The van der Waals surface area contributed by atoms with E-state index in [-0.39, 0.29) is 5.56 Å². The molecule has 0 radical (unpaired) electrons. The summed E-state index contributed by atoms with van der Waals surface area (Å²) in [5.41, 5.74) is 3.23. The van der Waals surface area contributed by atoms with Gasteiger partial charge in [-0.2, -0.15) is 0 Å². The maximum absolute atomic E-state index is 12.9. The topological polar surface area (TPSA) is 51.0 Å². The molecule has 0 bridgehead atoms. The van der Waals surface area contributed by atoms with E-state index in [2.05, 4.69) is 14.9 Å². The Labute approximate surface area is 135 Å². The lowest BCUT2D eigenvalue weighted by Crippen LogP contribution is -2.30. The summed E-state index contributed by atoms with van der Waals surface area (Å²) in [4.78, 5) is 23.6.